The number of rotatable bonds is 5. The smallest absolute Gasteiger partial charge is 0.242 e. The fraction of sp³-hybridized carbons (Fsp3) is 0.909. The first kappa shape index (κ1) is 13.4. The van der Waals surface area contributed by atoms with Gasteiger partial charge in [0.05, 0.1) is 12.2 Å². The van der Waals surface area contributed by atoms with Crippen molar-refractivity contribution >= 4 is 5.91 Å². The zero-order valence-electron chi connectivity index (χ0n) is 10.1. The maximum atomic E-state index is 11.8. The highest BCUT2D eigenvalue weighted by molar-refractivity contribution is 5.86. The second kappa shape index (κ2) is 5.12. The maximum Gasteiger partial charge on any atom is 0.242 e. The van der Waals surface area contributed by atoms with Crippen molar-refractivity contribution in [1.29, 1.82) is 0 Å². The maximum absolute atomic E-state index is 11.8. The van der Waals surface area contributed by atoms with Crippen LogP contribution in [0.25, 0.3) is 0 Å². The highest BCUT2D eigenvalue weighted by Gasteiger charge is 2.39. The molecule has 0 aromatic heterocycles. The summed E-state index contributed by atoms with van der Waals surface area (Å²) in [4.78, 5) is 11.8. The van der Waals surface area contributed by atoms with E-state index in [9.17, 15) is 9.90 Å². The Bertz CT molecular complexity index is 246. The monoisotopic (exact) mass is 230 g/mol. The second-order valence-corrected chi connectivity index (χ2v) is 4.57. The number of hydrogen-bond donors (Lipinski definition) is 3. The van der Waals surface area contributed by atoms with Crippen molar-refractivity contribution in [3.05, 3.63) is 0 Å². The molecule has 1 fully saturated rings. The molecule has 0 radical (unpaired) electrons. The number of aliphatic hydroxyl groups is 1. The second-order valence-electron chi connectivity index (χ2n) is 4.57. The molecule has 1 rings (SSSR count). The van der Waals surface area contributed by atoms with Crippen LogP contribution in [0.15, 0.2) is 0 Å². The lowest BCUT2D eigenvalue weighted by Gasteiger charge is -2.28. The SMILES string of the molecule is CCC(O)(CC)CNC(=O)C1(N)CCOC1. The predicted octanol–water partition coefficient (Wildman–Crippen LogP) is -0.228. The van der Waals surface area contributed by atoms with E-state index in [0.29, 0.717) is 25.9 Å². The van der Waals surface area contributed by atoms with E-state index in [4.69, 9.17) is 10.5 Å². The summed E-state index contributed by atoms with van der Waals surface area (Å²) in [6.45, 7) is 4.82. The molecule has 0 spiro atoms. The Balaban J connectivity index is 2.46. The first-order chi connectivity index (χ1) is 7.46. The fourth-order valence-corrected chi connectivity index (χ4v) is 1.68. The first-order valence-corrected chi connectivity index (χ1v) is 5.83. The summed E-state index contributed by atoms with van der Waals surface area (Å²) in [7, 11) is 0. The Hall–Kier alpha value is -0.650. The third-order valence-electron chi connectivity index (χ3n) is 3.40. The van der Waals surface area contributed by atoms with Crippen LogP contribution in [0.3, 0.4) is 0 Å². The van der Waals surface area contributed by atoms with Gasteiger partial charge in [0.1, 0.15) is 5.54 Å². The fourth-order valence-electron chi connectivity index (χ4n) is 1.68. The van der Waals surface area contributed by atoms with Gasteiger partial charge in [0.2, 0.25) is 5.91 Å². The van der Waals surface area contributed by atoms with Crippen molar-refractivity contribution in [2.24, 2.45) is 5.73 Å². The lowest BCUT2D eigenvalue weighted by Crippen LogP contribution is -2.57. The van der Waals surface area contributed by atoms with Gasteiger partial charge < -0.3 is 20.9 Å². The van der Waals surface area contributed by atoms with Crippen LogP contribution in [-0.2, 0) is 9.53 Å². The van der Waals surface area contributed by atoms with E-state index in [1.807, 2.05) is 13.8 Å². The van der Waals surface area contributed by atoms with Crippen LogP contribution >= 0.6 is 0 Å². The Morgan fingerprint density at radius 3 is 2.62 bits per heavy atom. The Labute approximate surface area is 96.3 Å². The summed E-state index contributed by atoms with van der Waals surface area (Å²) >= 11 is 0. The molecule has 0 aromatic carbocycles. The molecule has 1 atom stereocenters. The standard InChI is InChI=1S/C11H22N2O3/c1-3-10(15,4-2)7-13-9(14)11(12)5-6-16-8-11/h15H,3-8,12H2,1-2H3,(H,13,14). The molecule has 1 amide bonds. The highest BCUT2D eigenvalue weighted by atomic mass is 16.5. The van der Waals surface area contributed by atoms with E-state index in [-0.39, 0.29) is 19.1 Å². The first-order valence-electron chi connectivity index (χ1n) is 5.83. The lowest BCUT2D eigenvalue weighted by molar-refractivity contribution is -0.127. The molecular formula is C11H22N2O3. The average Bonchev–Trinajstić information content (AvgIpc) is 2.74. The van der Waals surface area contributed by atoms with Crippen LogP contribution < -0.4 is 11.1 Å². The number of carbonyl (C=O) groups excluding carboxylic acids is 1. The third kappa shape index (κ3) is 2.93. The predicted molar refractivity (Wildman–Crippen MR) is 60.9 cm³/mol. The Kier molecular flexibility index (Phi) is 4.29. The average molecular weight is 230 g/mol. The van der Waals surface area contributed by atoms with Crippen molar-refractivity contribution < 1.29 is 14.6 Å². The van der Waals surface area contributed by atoms with E-state index < -0.39 is 11.1 Å². The van der Waals surface area contributed by atoms with Crippen LogP contribution in [0.4, 0.5) is 0 Å². The van der Waals surface area contributed by atoms with Crippen molar-refractivity contribution in [3.63, 3.8) is 0 Å². The summed E-state index contributed by atoms with van der Waals surface area (Å²) in [6, 6.07) is 0. The number of hydrogen-bond acceptors (Lipinski definition) is 4. The lowest BCUT2D eigenvalue weighted by atomic mass is 9.95. The van der Waals surface area contributed by atoms with Crippen LogP contribution in [0.2, 0.25) is 0 Å². The molecule has 16 heavy (non-hydrogen) atoms. The molecule has 1 heterocycles. The molecule has 4 N–H and O–H groups in total. The largest absolute Gasteiger partial charge is 0.388 e. The molecule has 1 aliphatic rings. The molecular weight excluding hydrogens is 208 g/mol. The van der Waals surface area contributed by atoms with Gasteiger partial charge in [-0.3, -0.25) is 4.79 Å². The molecule has 1 unspecified atom stereocenters. The molecule has 1 saturated heterocycles. The zero-order valence-corrected chi connectivity index (χ0v) is 10.1. The van der Waals surface area contributed by atoms with Gasteiger partial charge in [0, 0.05) is 13.2 Å². The molecule has 0 aromatic rings. The zero-order chi connectivity index (χ0) is 12.2. The molecule has 1 aliphatic heterocycles. The van der Waals surface area contributed by atoms with Crippen molar-refractivity contribution in [1.82, 2.24) is 5.32 Å². The van der Waals surface area contributed by atoms with Gasteiger partial charge in [0.25, 0.3) is 0 Å². The van der Waals surface area contributed by atoms with Crippen LogP contribution in [0.1, 0.15) is 33.1 Å². The summed E-state index contributed by atoms with van der Waals surface area (Å²) in [5.74, 6) is -0.231. The molecule has 5 nitrogen and oxygen atoms in total. The van der Waals surface area contributed by atoms with E-state index >= 15 is 0 Å². The van der Waals surface area contributed by atoms with E-state index in [1.165, 1.54) is 0 Å². The van der Waals surface area contributed by atoms with Crippen LogP contribution in [-0.4, -0.2) is 41.9 Å². The normalized spacial score (nSPS) is 25.8. The minimum atomic E-state index is -0.914. The van der Waals surface area contributed by atoms with E-state index in [2.05, 4.69) is 5.32 Å². The molecule has 94 valence electrons. The molecule has 5 heteroatoms. The Morgan fingerprint density at radius 2 is 2.19 bits per heavy atom. The number of carbonyl (C=O) groups is 1. The quantitative estimate of drug-likeness (QED) is 0.609. The van der Waals surface area contributed by atoms with Crippen molar-refractivity contribution in [2.45, 2.75) is 44.2 Å². The van der Waals surface area contributed by atoms with Gasteiger partial charge in [-0.1, -0.05) is 13.8 Å². The van der Waals surface area contributed by atoms with E-state index in [0.717, 1.165) is 0 Å². The van der Waals surface area contributed by atoms with Crippen LogP contribution in [0, 0.1) is 0 Å². The summed E-state index contributed by atoms with van der Waals surface area (Å²) in [5.41, 5.74) is 4.15. The minimum absolute atomic E-state index is 0.231. The van der Waals surface area contributed by atoms with Gasteiger partial charge in [0.15, 0.2) is 0 Å². The topological polar surface area (TPSA) is 84.6 Å². The number of ether oxygens (including phenoxy) is 1. The summed E-state index contributed by atoms with van der Waals surface area (Å²) in [6.07, 6.45) is 1.76. The van der Waals surface area contributed by atoms with Gasteiger partial charge in [-0.15, -0.1) is 0 Å². The summed E-state index contributed by atoms with van der Waals surface area (Å²) in [5, 5.41) is 12.7. The number of nitrogens with two attached hydrogens (primary N) is 1. The van der Waals surface area contributed by atoms with Crippen molar-refractivity contribution in [2.75, 3.05) is 19.8 Å². The molecule has 0 bridgehead atoms. The number of nitrogens with one attached hydrogen (secondary N) is 1. The van der Waals surface area contributed by atoms with Gasteiger partial charge >= 0.3 is 0 Å². The highest BCUT2D eigenvalue weighted by Crippen LogP contribution is 2.17. The van der Waals surface area contributed by atoms with Crippen molar-refractivity contribution in [3.8, 4) is 0 Å². The minimum Gasteiger partial charge on any atom is -0.388 e. The number of amides is 1. The molecule has 0 saturated carbocycles. The van der Waals surface area contributed by atoms with Gasteiger partial charge in [-0.2, -0.15) is 0 Å². The van der Waals surface area contributed by atoms with Gasteiger partial charge in [-0.05, 0) is 19.3 Å². The van der Waals surface area contributed by atoms with Crippen LogP contribution in [0.5, 0.6) is 0 Å². The summed E-state index contributed by atoms with van der Waals surface area (Å²) < 4.78 is 5.12. The third-order valence-corrected chi connectivity index (χ3v) is 3.40. The molecule has 0 aliphatic carbocycles. The Morgan fingerprint density at radius 1 is 1.56 bits per heavy atom. The van der Waals surface area contributed by atoms with Gasteiger partial charge in [-0.25, -0.2) is 0 Å². The van der Waals surface area contributed by atoms with E-state index in [1.54, 1.807) is 0 Å².